The summed E-state index contributed by atoms with van der Waals surface area (Å²) in [5.41, 5.74) is 1.10. The molecule has 1 N–H and O–H groups in total. The van der Waals surface area contributed by atoms with Crippen molar-refractivity contribution < 1.29 is 5.11 Å². The molecule has 1 aromatic carbocycles. The Labute approximate surface area is 98.3 Å². The molecule has 0 bridgehead atoms. The molecule has 0 aliphatic heterocycles. The van der Waals surface area contributed by atoms with Crippen molar-refractivity contribution in [2.24, 2.45) is 12.1 Å². The summed E-state index contributed by atoms with van der Waals surface area (Å²) in [4.78, 5) is 11.6. The van der Waals surface area contributed by atoms with Gasteiger partial charge in [0.1, 0.15) is 5.75 Å². The minimum atomic E-state index is -0.214. The van der Waals surface area contributed by atoms with Gasteiger partial charge in [-0.05, 0) is 19.1 Å². The van der Waals surface area contributed by atoms with Gasteiger partial charge < -0.3 is 9.67 Å². The first-order chi connectivity index (χ1) is 8.09. The molecular formula is C12H13N3O2. The Kier molecular flexibility index (Phi) is 2.82. The van der Waals surface area contributed by atoms with Gasteiger partial charge in [-0.2, -0.15) is 9.78 Å². The highest BCUT2D eigenvalue weighted by Crippen LogP contribution is 2.12. The van der Waals surface area contributed by atoms with Gasteiger partial charge in [0.15, 0.2) is 0 Å². The van der Waals surface area contributed by atoms with Crippen molar-refractivity contribution in [2.75, 3.05) is 0 Å². The highest BCUT2D eigenvalue weighted by atomic mass is 16.3. The third-order valence-corrected chi connectivity index (χ3v) is 2.45. The topological polar surface area (TPSA) is 59.5 Å². The first kappa shape index (κ1) is 11.2. The number of hydrogen-bond acceptors (Lipinski definition) is 3. The molecule has 0 radical (unpaired) electrons. The van der Waals surface area contributed by atoms with Gasteiger partial charge in [-0.25, -0.2) is 4.79 Å². The fourth-order valence-corrected chi connectivity index (χ4v) is 1.55. The Morgan fingerprint density at radius 2 is 2.06 bits per heavy atom. The van der Waals surface area contributed by atoms with Crippen LogP contribution in [0.3, 0.4) is 0 Å². The summed E-state index contributed by atoms with van der Waals surface area (Å²) in [5, 5.41) is 13.6. The molecule has 0 aliphatic rings. The Balaban J connectivity index is 2.39. The molecule has 0 spiro atoms. The van der Waals surface area contributed by atoms with Crippen molar-refractivity contribution in [3.05, 3.63) is 52.2 Å². The Morgan fingerprint density at radius 3 is 2.65 bits per heavy atom. The monoisotopic (exact) mass is 231 g/mol. The van der Waals surface area contributed by atoms with Gasteiger partial charge in [-0.1, -0.05) is 12.1 Å². The zero-order valence-electron chi connectivity index (χ0n) is 9.66. The fraction of sp³-hybridized carbons (Fsp3) is 0.167. The molecular weight excluding hydrogens is 218 g/mol. The van der Waals surface area contributed by atoms with E-state index in [1.165, 1.54) is 15.5 Å². The first-order valence-corrected chi connectivity index (χ1v) is 5.17. The Bertz CT molecular complexity index is 623. The van der Waals surface area contributed by atoms with E-state index in [9.17, 15) is 9.90 Å². The van der Waals surface area contributed by atoms with Crippen molar-refractivity contribution in [3.8, 4) is 5.75 Å². The lowest BCUT2D eigenvalue weighted by Crippen LogP contribution is -2.19. The van der Waals surface area contributed by atoms with Crippen LogP contribution in [0.25, 0.3) is 0 Å². The van der Waals surface area contributed by atoms with E-state index in [2.05, 4.69) is 5.10 Å². The standard InChI is InChI=1S/C12H13N3O2/c1-9-8-14(2)12(17)15(9)13-7-10-5-3-4-6-11(10)16/h3-8,16H,1-2H3/b13-7+. The molecule has 0 unspecified atom stereocenters. The second-order valence-electron chi connectivity index (χ2n) is 3.78. The molecule has 0 aliphatic carbocycles. The summed E-state index contributed by atoms with van der Waals surface area (Å²) in [6.07, 6.45) is 3.16. The molecule has 0 fully saturated rings. The molecule has 88 valence electrons. The maximum atomic E-state index is 11.6. The fourth-order valence-electron chi connectivity index (χ4n) is 1.55. The van der Waals surface area contributed by atoms with Crippen molar-refractivity contribution in [1.29, 1.82) is 0 Å². The van der Waals surface area contributed by atoms with Crippen LogP contribution in [0.1, 0.15) is 11.3 Å². The van der Waals surface area contributed by atoms with Crippen LogP contribution in [0.2, 0.25) is 0 Å². The Hall–Kier alpha value is -2.30. The van der Waals surface area contributed by atoms with E-state index in [4.69, 9.17) is 0 Å². The molecule has 5 nitrogen and oxygen atoms in total. The van der Waals surface area contributed by atoms with Crippen molar-refractivity contribution in [1.82, 2.24) is 9.24 Å². The van der Waals surface area contributed by atoms with Gasteiger partial charge in [-0.15, -0.1) is 0 Å². The molecule has 0 saturated heterocycles. The molecule has 5 heteroatoms. The van der Waals surface area contributed by atoms with Gasteiger partial charge in [-0.3, -0.25) is 0 Å². The van der Waals surface area contributed by atoms with E-state index in [1.807, 2.05) is 0 Å². The number of nitrogens with zero attached hydrogens (tertiary/aromatic N) is 3. The number of aromatic nitrogens is 2. The molecule has 0 amide bonds. The molecule has 2 rings (SSSR count). The maximum absolute atomic E-state index is 11.6. The van der Waals surface area contributed by atoms with Gasteiger partial charge in [0.2, 0.25) is 0 Å². The summed E-state index contributed by atoms with van der Waals surface area (Å²) < 4.78 is 2.74. The lowest BCUT2D eigenvalue weighted by molar-refractivity contribution is 0.474. The van der Waals surface area contributed by atoms with Crippen LogP contribution < -0.4 is 5.69 Å². The van der Waals surface area contributed by atoms with E-state index in [0.717, 1.165) is 5.69 Å². The number of hydrogen-bond donors (Lipinski definition) is 1. The van der Waals surface area contributed by atoms with E-state index >= 15 is 0 Å². The van der Waals surface area contributed by atoms with Gasteiger partial charge in [0.05, 0.1) is 11.9 Å². The average Bonchev–Trinajstić information content (AvgIpc) is 2.53. The molecule has 0 saturated carbocycles. The lowest BCUT2D eigenvalue weighted by atomic mass is 10.2. The zero-order valence-corrected chi connectivity index (χ0v) is 9.66. The average molecular weight is 231 g/mol. The summed E-state index contributed by atoms with van der Waals surface area (Å²) in [6.45, 7) is 1.80. The largest absolute Gasteiger partial charge is 0.507 e. The molecule has 2 aromatic rings. The normalized spacial score (nSPS) is 11.2. The van der Waals surface area contributed by atoms with Gasteiger partial charge in [0.25, 0.3) is 0 Å². The number of para-hydroxylation sites is 1. The maximum Gasteiger partial charge on any atom is 0.348 e. The summed E-state index contributed by atoms with van der Waals surface area (Å²) in [7, 11) is 1.67. The minimum Gasteiger partial charge on any atom is -0.507 e. The molecule has 17 heavy (non-hydrogen) atoms. The lowest BCUT2D eigenvalue weighted by Gasteiger charge is -1.97. The highest BCUT2D eigenvalue weighted by Gasteiger charge is 2.03. The number of benzene rings is 1. The van der Waals surface area contributed by atoms with Gasteiger partial charge in [0, 0.05) is 18.8 Å². The smallest absolute Gasteiger partial charge is 0.348 e. The number of phenols is 1. The second kappa shape index (κ2) is 4.29. The number of aromatic hydroxyl groups is 1. The summed E-state index contributed by atoms with van der Waals surface area (Å²) >= 11 is 0. The quantitative estimate of drug-likeness (QED) is 0.786. The minimum absolute atomic E-state index is 0.137. The number of aryl methyl sites for hydroxylation is 2. The third-order valence-electron chi connectivity index (χ3n) is 2.45. The van der Waals surface area contributed by atoms with E-state index in [-0.39, 0.29) is 11.4 Å². The van der Waals surface area contributed by atoms with E-state index in [1.54, 1.807) is 44.4 Å². The predicted octanol–water partition coefficient (Wildman–Crippen LogP) is 1.08. The number of rotatable bonds is 2. The second-order valence-corrected chi connectivity index (χ2v) is 3.78. The number of imidazole rings is 1. The van der Waals surface area contributed by atoms with Crippen LogP contribution in [-0.2, 0) is 7.05 Å². The van der Waals surface area contributed by atoms with Crippen LogP contribution in [0.5, 0.6) is 5.75 Å². The van der Waals surface area contributed by atoms with Crippen molar-refractivity contribution >= 4 is 6.21 Å². The van der Waals surface area contributed by atoms with Crippen LogP contribution in [0.4, 0.5) is 0 Å². The van der Waals surface area contributed by atoms with E-state index < -0.39 is 0 Å². The highest BCUT2D eigenvalue weighted by molar-refractivity contribution is 5.83. The van der Waals surface area contributed by atoms with Crippen LogP contribution in [0, 0.1) is 6.92 Å². The van der Waals surface area contributed by atoms with Crippen LogP contribution in [-0.4, -0.2) is 20.6 Å². The number of phenolic OH excluding ortho intramolecular Hbond substituents is 1. The zero-order chi connectivity index (χ0) is 12.4. The Morgan fingerprint density at radius 1 is 1.35 bits per heavy atom. The van der Waals surface area contributed by atoms with E-state index in [0.29, 0.717) is 5.56 Å². The van der Waals surface area contributed by atoms with Crippen LogP contribution in [0.15, 0.2) is 40.4 Å². The summed E-state index contributed by atoms with van der Waals surface area (Å²) in [6, 6.07) is 6.82. The SMILES string of the molecule is Cc1cn(C)c(=O)n1/N=C/c1ccccc1O. The van der Waals surface area contributed by atoms with Crippen LogP contribution >= 0.6 is 0 Å². The molecule has 1 aromatic heterocycles. The third kappa shape index (κ3) is 2.13. The van der Waals surface area contributed by atoms with Crippen molar-refractivity contribution in [3.63, 3.8) is 0 Å². The molecule has 0 atom stereocenters. The molecule has 1 heterocycles. The predicted molar refractivity (Wildman–Crippen MR) is 65.5 cm³/mol. The van der Waals surface area contributed by atoms with Gasteiger partial charge >= 0.3 is 5.69 Å². The summed E-state index contributed by atoms with van der Waals surface area (Å²) in [5.74, 6) is 0.137. The first-order valence-electron chi connectivity index (χ1n) is 5.17. The van der Waals surface area contributed by atoms with Crippen molar-refractivity contribution in [2.45, 2.75) is 6.92 Å².